The Balaban J connectivity index is 1.99. The second-order valence-corrected chi connectivity index (χ2v) is 7.68. The summed E-state index contributed by atoms with van der Waals surface area (Å²) < 4.78 is 44.7. The van der Waals surface area contributed by atoms with Gasteiger partial charge in [-0.3, -0.25) is 4.79 Å². The summed E-state index contributed by atoms with van der Waals surface area (Å²) in [5.74, 6) is -1.70. The summed E-state index contributed by atoms with van der Waals surface area (Å²) in [6, 6.07) is 9.89. The minimum atomic E-state index is -3.67. The van der Waals surface area contributed by atoms with Gasteiger partial charge < -0.3 is 4.74 Å². The highest BCUT2D eigenvalue weighted by molar-refractivity contribution is 7.89. The van der Waals surface area contributed by atoms with Gasteiger partial charge in [-0.2, -0.15) is 0 Å². The van der Waals surface area contributed by atoms with E-state index < -0.39 is 34.2 Å². The molecule has 144 valence electrons. The number of nitrogens with one attached hydrogen (secondary N) is 1. The molecule has 2 aromatic rings. The summed E-state index contributed by atoms with van der Waals surface area (Å²) in [7, 11) is -3.67. The maximum absolute atomic E-state index is 12.8. The molecule has 0 bridgehead atoms. The van der Waals surface area contributed by atoms with Crippen molar-refractivity contribution in [1.82, 2.24) is 4.72 Å². The molecule has 27 heavy (non-hydrogen) atoms. The van der Waals surface area contributed by atoms with Gasteiger partial charge in [-0.25, -0.2) is 22.3 Å². The lowest BCUT2D eigenvalue weighted by Crippen LogP contribution is -2.32. The number of carbonyl (C=O) groups excluding carboxylic acids is 2. The van der Waals surface area contributed by atoms with E-state index in [1.54, 1.807) is 6.92 Å². The van der Waals surface area contributed by atoms with Crippen molar-refractivity contribution in [3.8, 4) is 0 Å². The summed E-state index contributed by atoms with van der Waals surface area (Å²) in [6.45, 7) is 3.11. The van der Waals surface area contributed by atoms with Crippen LogP contribution in [0.25, 0.3) is 0 Å². The number of rotatable bonds is 8. The summed E-state index contributed by atoms with van der Waals surface area (Å²) >= 11 is 0. The quantitative estimate of drug-likeness (QED) is 0.550. The normalized spacial score (nSPS) is 12.4. The summed E-state index contributed by atoms with van der Waals surface area (Å²) in [6.07, 6.45) is 0.645. The van der Waals surface area contributed by atoms with Gasteiger partial charge in [-0.15, -0.1) is 0 Å². The van der Waals surface area contributed by atoms with Gasteiger partial charge in [0.2, 0.25) is 10.0 Å². The second-order valence-electron chi connectivity index (χ2n) is 5.96. The molecule has 1 N–H and O–H groups in total. The molecule has 2 aromatic carbocycles. The topological polar surface area (TPSA) is 89.5 Å². The minimum Gasteiger partial charge on any atom is -0.454 e. The lowest BCUT2D eigenvalue weighted by atomic mass is 10.1. The Morgan fingerprint density at radius 2 is 1.59 bits per heavy atom. The molecule has 0 aliphatic heterocycles. The molecule has 8 heteroatoms. The monoisotopic (exact) mass is 393 g/mol. The first-order chi connectivity index (χ1) is 12.7. The smallest absolute Gasteiger partial charge is 0.338 e. The highest BCUT2D eigenvalue weighted by Crippen LogP contribution is 2.13. The number of ether oxygens (including phenoxy) is 1. The molecule has 0 aliphatic carbocycles. The third-order valence-electron chi connectivity index (χ3n) is 3.87. The van der Waals surface area contributed by atoms with Gasteiger partial charge in [-0.1, -0.05) is 6.92 Å². The van der Waals surface area contributed by atoms with Gasteiger partial charge in [0.15, 0.2) is 12.4 Å². The van der Waals surface area contributed by atoms with Crippen LogP contribution in [-0.4, -0.2) is 32.8 Å². The van der Waals surface area contributed by atoms with Gasteiger partial charge in [0, 0.05) is 11.6 Å². The number of halogens is 1. The van der Waals surface area contributed by atoms with Crippen molar-refractivity contribution in [2.24, 2.45) is 0 Å². The number of hydrogen-bond acceptors (Lipinski definition) is 5. The molecule has 1 atom stereocenters. The molecule has 0 saturated carbocycles. The molecule has 0 fully saturated rings. The van der Waals surface area contributed by atoms with Crippen molar-refractivity contribution in [3.05, 3.63) is 65.5 Å². The highest BCUT2D eigenvalue weighted by Gasteiger charge is 2.18. The van der Waals surface area contributed by atoms with Gasteiger partial charge in [0.25, 0.3) is 0 Å². The van der Waals surface area contributed by atoms with E-state index in [4.69, 9.17) is 4.74 Å². The zero-order valence-corrected chi connectivity index (χ0v) is 15.8. The molecule has 0 amide bonds. The minimum absolute atomic E-state index is 0.0294. The number of Topliss-reactive ketones (excluding diaryl/α,β-unsaturated/α-hetero) is 1. The Bertz CT molecular complexity index is 908. The fourth-order valence-electron chi connectivity index (χ4n) is 2.12. The number of carbonyl (C=O) groups is 2. The molecule has 0 spiro atoms. The first-order valence-corrected chi connectivity index (χ1v) is 9.79. The van der Waals surface area contributed by atoms with Crippen molar-refractivity contribution in [2.45, 2.75) is 31.2 Å². The van der Waals surface area contributed by atoms with Crippen LogP contribution in [0.4, 0.5) is 4.39 Å². The molecule has 2 rings (SSSR count). The standard InChI is InChI=1S/C19H20FNO5S/c1-3-13(2)21-27(24,25)17-10-6-15(7-11-17)19(23)26-12-18(22)14-4-8-16(20)9-5-14/h4-11,13,21H,3,12H2,1-2H3/t13-/m1/s1. The Morgan fingerprint density at radius 3 is 2.15 bits per heavy atom. The Kier molecular flexibility index (Phi) is 6.81. The molecule has 0 unspecified atom stereocenters. The Morgan fingerprint density at radius 1 is 1.04 bits per heavy atom. The van der Waals surface area contributed by atoms with Crippen LogP contribution < -0.4 is 4.72 Å². The van der Waals surface area contributed by atoms with Crippen LogP contribution in [-0.2, 0) is 14.8 Å². The molecule has 0 saturated heterocycles. The van der Waals surface area contributed by atoms with Gasteiger partial charge in [0.05, 0.1) is 10.5 Å². The molecule has 0 aliphatic rings. The predicted octanol–water partition coefficient (Wildman–Crippen LogP) is 2.94. The van der Waals surface area contributed by atoms with Crippen molar-refractivity contribution in [3.63, 3.8) is 0 Å². The van der Waals surface area contributed by atoms with Gasteiger partial charge in [0.1, 0.15) is 5.82 Å². The van der Waals surface area contributed by atoms with E-state index in [2.05, 4.69) is 4.72 Å². The third kappa shape index (κ3) is 5.70. The largest absolute Gasteiger partial charge is 0.454 e. The maximum atomic E-state index is 12.8. The van der Waals surface area contributed by atoms with Crippen LogP contribution >= 0.6 is 0 Å². The van der Waals surface area contributed by atoms with E-state index in [0.29, 0.717) is 6.42 Å². The first-order valence-electron chi connectivity index (χ1n) is 8.31. The zero-order valence-electron chi connectivity index (χ0n) is 14.9. The van der Waals surface area contributed by atoms with Crippen molar-refractivity contribution in [2.75, 3.05) is 6.61 Å². The second kappa shape index (κ2) is 8.88. The van der Waals surface area contributed by atoms with Crippen LogP contribution in [0.3, 0.4) is 0 Å². The average Bonchev–Trinajstić information content (AvgIpc) is 2.66. The number of sulfonamides is 1. The van der Waals surface area contributed by atoms with Crippen molar-refractivity contribution in [1.29, 1.82) is 0 Å². The predicted molar refractivity (Wildman–Crippen MR) is 97.5 cm³/mol. The first kappa shape index (κ1) is 20.7. The Hall–Kier alpha value is -2.58. The van der Waals surface area contributed by atoms with E-state index in [-0.39, 0.29) is 22.1 Å². The van der Waals surface area contributed by atoms with E-state index in [0.717, 1.165) is 12.1 Å². The lowest BCUT2D eigenvalue weighted by molar-refractivity contribution is 0.0474. The molecule has 6 nitrogen and oxygen atoms in total. The molecule has 0 radical (unpaired) electrons. The van der Waals surface area contributed by atoms with Crippen LogP contribution in [0, 0.1) is 5.82 Å². The lowest BCUT2D eigenvalue weighted by Gasteiger charge is -2.12. The number of hydrogen-bond donors (Lipinski definition) is 1. The zero-order chi connectivity index (χ0) is 20.0. The third-order valence-corrected chi connectivity index (χ3v) is 5.48. The average molecular weight is 393 g/mol. The van der Waals surface area contributed by atoms with E-state index in [1.165, 1.54) is 36.4 Å². The van der Waals surface area contributed by atoms with Crippen LogP contribution in [0.2, 0.25) is 0 Å². The summed E-state index contributed by atoms with van der Waals surface area (Å²) in [4.78, 5) is 24.0. The van der Waals surface area contributed by atoms with Gasteiger partial charge in [-0.05, 0) is 61.9 Å². The van der Waals surface area contributed by atoms with Crippen LogP contribution in [0.1, 0.15) is 41.0 Å². The van der Waals surface area contributed by atoms with Crippen molar-refractivity contribution >= 4 is 21.8 Å². The SMILES string of the molecule is CC[C@@H](C)NS(=O)(=O)c1ccc(C(=O)OCC(=O)c2ccc(F)cc2)cc1. The number of esters is 1. The molecular formula is C19H20FNO5S. The highest BCUT2D eigenvalue weighted by atomic mass is 32.2. The van der Waals surface area contributed by atoms with E-state index >= 15 is 0 Å². The summed E-state index contributed by atoms with van der Waals surface area (Å²) in [5, 5.41) is 0. The number of benzene rings is 2. The molecular weight excluding hydrogens is 373 g/mol. The van der Waals surface area contributed by atoms with Crippen LogP contribution in [0.15, 0.2) is 53.4 Å². The summed E-state index contributed by atoms with van der Waals surface area (Å²) in [5.41, 5.74) is 0.339. The Labute approximate surface area is 157 Å². The fraction of sp³-hybridized carbons (Fsp3) is 0.263. The van der Waals surface area contributed by atoms with E-state index in [1.807, 2.05) is 6.92 Å². The van der Waals surface area contributed by atoms with Crippen LogP contribution in [0.5, 0.6) is 0 Å². The number of ketones is 1. The molecule has 0 aromatic heterocycles. The fourth-order valence-corrected chi connectivity index (χ4v) is 3.45. The van der Waals surface area contributed by atoms with Crippen molar-refractivity contribution < 1.29 is 27.1 Å². The van der Waals surface area contributed by atoms with Gasteiger partial charge >= 0.3 is 5.97 Å². The van der Waals surface area contributed by atoms with E-state index in [9.17, 15) is 22.4 Å². The molecule has 0 heterocycles. The maximum Gasteiger partial charge on any atom is 0.338 e.